The highest BCUT2D eigenvalue weighted by atomic mass is 16.1. The van der Waals surface area contributed by atoms with Gasteiger partial charge in [-0.3, -0.25) is 0 Å². The Bertz CT molecular complexity index is 981. The Kier molecular flexibility index (Phi) is 3.07. The molecule has 22 heavy (non-hydrogen) atoms. The standard InChI is InChI=1S/C21H18O/c1-14(22)5-2-8-17-13-18-9-3-6-15-11-12-16-7-4-10-19(17)21(16)20(15)18/h3-4,6-7,9-13H,2,5,8H2,1H3. The maximum Gasteiger partial charge on any atom is 0.129 e. The second-order valence-corrected chi connectivity index (χ2v) is 6.14. The molecule has 0 bridgehead atoms. The minimum absolute atomic E-state index is 0.275. The molecule has 1 heteroatoms. The summed E-state index contributed by atoms with van der Waals surface area (Å²) < 4.78 is 0. The summed E-state index contributed by atoms with van der Waals surface area (Å²) in [5.74, 6) is 0.275. The third kappa shape index (κ3) is 2.05. The van der Waals surface area contributed by atoms with Crippen LogP contribution in [0.25, 0.3) is 32.3 Å². The van der Waals surface area contributed by atoms with Crippen molar-refractivity contribution in [3.05, 3.63) is 60.2 Å². The third-order valence-electron chi connectivity index (χ3n) is 4.57. The Balaban J connectivity index is 1.98. The van der Waals surface area contributed by atoms with Gasteiger partial charge in [0.05, 0.1) is 0 Å². The van der Waals surface area contributed by atoms with E-state index < -0.39 is 0 Å². The van der Waals surface area contributed by atoms with Gasteiger partial charge in [0.25, 0.3) is 0 Å². The number of ketones is 1. The van der Waals surface area contributed by atoms with E-state index in [4.69, 9.17) is 0 Å². The van der Waals surface area contributed by atoms with Crippen LogP contribution >= 0.6 is 0 Å². The summed E-state index contributed by atoms with van der Waals surface area (Å²) in [5.41, 5.74) is 1.36. The molecule has 1 nitrogen and oxygen atoms in total. The first-order valence-electron chi connectivity index (χ1n) is 7.89. The van der Waals surface area contributed by atoms with Gasteiger partial charge in [-0.1, -0.05) is 54.6 Å². The van der Waals surface area contributed by atoms with Crippen LogP contribution in [0.3, 0.4) is 0 Å². The van der Waals surface area contributed by atoms with Crippen LogP contribution in [-0.2, 0) is 11.2 Å². The van der Waals surface area contributed by atoms with E-state index in [1.165, 1.54) is 37.9 Å². The molecule has 0 spiro atoms. The molecule has 0 aliphatic heterocycles. The van der Waals surface area contributed by atoms with Gasteiger partial charge in [0.1, 0.15) is 5.78 Å². The normalized spacial score (nSPS) is 11.7. The number of Topliss-reactive ketones (excluding diaryl/α,β-unsaturated/α-hetero) is 1. The van der Waals surface area contributed by atoms with Crippen molar-refractivity contribution in [1.82, 2.24) is 0 Å². The van der Waals surface area contributed by atoms with Crippen LogP contribution in [0.15, 0.2) is 54.6 Å². The number of hydrogen-bond acceptors (Lipinski definition) is 1. The number of hydrogen-bond donors (Lipinski definition) is 0. The van der Waals surface area contributed by atoms with Gasteiger partial charge in [0.15, 0.2) is 0 Å². The zero-order valence-corrected chi connectivity index (χ0v) is 12.7. The summed E-state index contributed by atoms with van der Waals surface area (Å²) in [7, 11) is 0. The van der Waals surface area contributed by atoms with Crippen molar-refractivity contribution in [3.8, 4) is 0 Å². The van der Waals surface area contributed by atoms with Crippen molar-refractivity contribution < 1.29 is 4.79 Å². The fourth-order valence-electron chi connectivity index (χ4n) is 3.57. The second-order valence-electron chi connectivity index (χ2n) is 6.14. The van der Waals surface area contributed by atoms with E-state index in [0.717, 1.165) is 12.8 Å². The molecule has 0 amide bonds. The van der Waals surface area contributed by atoms with Crippen molar-refractivity contribution in [1.29, 1.82) is 0 Å². The van der Waals surface area contributed by atoms with Gasteiger partial charge in [-0.25, -0.2) is 0 Å². The van der Waals surface area contributed by atoms with Gasteiger partial charge in [-0.2, -0.15) is 0 Å². The molecular weight excluding hydrogens is 268 g/mol. The van der Waals surface area contributed by atoms with E-state index >= 15 is 0 Å². The predicted molar refractivity (Wildman–Crippen MR) is 93.8 cm³/mol. The van der Waals surface area contributed by atoms with E-state index in [9.17, 15) is 4.79 Å². The van der Waals surface area contributed by atoms with Gasteiger partial charge in [0, 0.05) is 6.42 Å². The SMILES string of the molecule is CC(=O)CCCc1cc2cccc3ccc4cccc1c4c32. The summed E-state index contributed by atoms with van der Waals surface area (Å²) >= 11 is 0. The van der Waals surface area contributed by atoms with Crippen molar-refractivity contribution >= 4 is 38.1 Å². The molecule has 0 saturated heterocycles. The average Bonchev–Trinajstić information content (AvgIpc) is 2.53. The Hall–Kier alpha value is -2.41. The lowest BCUT2D eigenvalue weighted by Crippen LogP contribution is -1.95. The molecule has 4 aromatic rings. The number of carbonyl (C=O) groups excluding carboxylic acids is 1. The Morgan fingerprint density at radius 3 is 2.32 bits per heavy atom. The van der Waals surface area contributed by atoms with Gasteiger partial charge < -0.3 is 4.79 Å². The monoisotopic (exact) mass is 286 g/mol. The van der Waals surface area contributed by atoms with E-state index in [2.05, 4.69) is 54.6 Å². The largest absolute Gasteiger partial charge is 0.300 e. The van der Waals surface area contributed by atoms with Crippen molar-refractivity contribution in [2.24, 2.45) is 0 Å². The van der Waals surface area contributed by atoms with E-state index in [1.807, 2.05) is 0 Å². The summed E-state index contributed by atoms with van der Waals surface area (Å²) in [6.45, 7) is 1.67. The molecule has 0 saturated carbocycles. The molecule has 0 radical (unpaired) electrons. The molecule has 0 atom stereocenters. The number of carbonyl (C=O) groups is 1. The number of rotatable bonds is 4. The highest BCUT2D eigenvalue weighted by molar-refractivity contribution is 6.23. The van der Waals surface area contributed by atoms with E-state index in [0.29, 0.717) is 6.42 Å². The molecule has 0 aliphatic rings. The minimum Gasteiger partial charge on any atom is -0.300 e. The van der Waals surface area contributed by atoms with Gasteiger partial charge in [-0.15, -0.1) is 0 Å². The van der Waals surface area contributed by atoms with Gasteiger partial charge >= 0.3 is 0 Å². The molecule has 0 unspecified atom stereocenters. The summed E-state index contributed by atoms with van der Waals surface area (Å²) in [5, 5.41) is 7.98. The molecule has 4 rings (SSSR count). The quantitative estimate of drug-likeness (QED) is 0.453. The first-order valence-corrected chi connectivity index (χ1v) is 7.89. The Labute approximate surface area is 129 Å². The van der Waals surface area contributed by atoms with Crippen LogP contribution in [0.4, 0.5) is 0 Å². The molecule has 4 aromatic carbocycles. The van der Waals surface area contributed by atoms with E-state index in [1.54, 1.807) is 6.92 Å². The molecule has 0 heterocycles. The van der Waals surface area contributed by atoms with Gasteiger partial charge in [-0.05, 0) is 57.6 Å². The topological polar surface area (TPSA) is 17.1 Å². The van der Waals surface area contributed by atoms with Crippen LogP contribution in [0, 0.1) is 0 Å². The van der Waals surface area contributed by atoms with Crippen molar-refractivity contribution in [2.45, 2.75) is 26.2 Å². The Morgan fingerprint density at radius 2 is 1.55 bits per heavy atom. The molecular formula is C21H18O. The third-order valence-corrected chi connectivity index (χ3v) is 4.57. The van der Waals surface area contributed by atoms with Crippen LogP contribution in [0.1, 0.15) is 25.3 Å². The zero-order chi connectivity index (χ0) is 15.1. The highest BCUT2D eigenvalue weighted by Gasteiger charge is 2.11. The molecule has 0 fully saturated rings. The zero-order valence-electron chi connectivity index (χ0n) is 12.7. The summed E-state index contributed by atoms with van der Waals surface area (Å²) in [6.07, 6.45) is 2.55. The number of aryl methyl sites for hydroxylation is 1. The maximum atomic E-state index is 11.2. The lowest BCUT2D eigenvalue weighted by atomic mass is 9.90. The maximum absolute atomic E-state index is 11.2. The van der Waals surface area contributed by atoms with Crippen LogP contribution < -0.4 is 0 Å². The van der Waals surface area contributed by atoms with Crippen LogP contribution in [0.5, 0.6) is 0 Å². The summed E-state index contributed by atoms with van der Waals surface area (Å²) in [6, 6.07) is 19.8. The molecule has 108 valence electrons. The van der Waals surface area contributed by atoms with Crippen molar-refractivity contribution in [3.63, 3.8) is 0 Å². The highest BCUT2D eigenvalue weighted by Crippen LogP contribution is 2.36. The lowest BCUT2D eigenvalue weighted by Gasteiger charge is -2.14. The summed E-state index contributed by atoms with van der Waals surface area (Å²) in [4.78, 5) is 11.2. The van der Waals surface area contributed by atoms with Crippen LogP contribution in [-0.4, -0.2) is 5.78 Å². The van der Waals surface area contributed by atoms with Crippen molar-refractivity contribution in [2.75, 3.05) is 0 Å². The fourth-order valence-corrected chi connectivity index (χ4v) is 3.57. The lowest BCUT2D eigenvalue weighted by molar-refractivity contribution is -0.117. The second kappa shape index (κ2) is 5.10. The molecule has 0 aromatic heterocycles. The van der Waals surface area contributed by atoms with Crippen LogP contribution in [0.2, 0.25) is 0 Å². The molecule has 0 aliphatic carbocycles. The van der Waals surface area contributed by atoms with E-state index in [-0.39, 0.29) is 5.78 Å². The average molecular weight is 286 g/mol. The predicted octanol–water partition coefficient (Wildman–Crippen LogP) is 5.50. The smallest absolute Gasteiger partial charge is 0.129 e. The number of benzene rings is 4. The minimum atomic E-state index is 0.275. The van der Waals surface area contributed by atoms with Gasteiger partial charge in [0.2, 0.25) is 0 Å². The molecule has 0 N–H and O–H groups in total. The first-order chi connectivity index (χ1) is 10.7. The first kappa shape index (κ1) is 13.3. The Morgan fingerprint density at radius 1 is 0.864 bits per heavy atom. The fraction of sp³-hybridized carbons (Fsp3) is 0.190.